The van der Waals surface area contributed by atoms with Gasteiger partial charge in [-0.25, -0.2) is 8.78 Å². The molecule has 1 saturated heterocycles. The molecule has 0 aromatic heterocycles. The van der Waals surface area contributed by atoms with E-state index >= 15 is 0 Å². The van der Waals surface area contributed by atoms with Crippen LogP contribution in [0.15, 0.2) is 12.1 Å². The first-order valence-corrected chi connectivity index (χ1v) is 5.97. The summed E-state index contributed by atoms with van der Waals surface area (Å²) in [6.45, 7) is 3.01. The maximum atomic E-state index is 13.8. The van der Waals surface area contributed by atoms with Crippen molar-refractivity contribution in [2.45, 2.75) is 32.2 Å². The van der Waals surface area contributed by atoms with Crippen LogP contribution in [-0.2, 0) is 4.74 Å². The Morgan fingerprint density at radius 2 is 2.06 bits per heavy atom. The van der Waals surface area contributed by atoms with E-state index in [9.17, 15) is 8.78 Å². The van der Waals surface area contributed by atoms with Crippen LogP contribution in [0.5, 0.6) is 0 Å². The van der Waals surface area contributed by atoms with Crippen LogP contribution < -0.4 is 5.32 Å². The van der Waals surface area contributed by atoms with Crippen LogP contribution >= 0.6 is 0 Å². The Kier molecular flexibility index (Phi) is 3.94. The van der Waals surface area contributed by atoms with E-state index < -0.39 is 11.6 Å². The van der Waals surface area contributed by atoms with Crippen molar-refractivity contribution in [2.75, 3.05) is 18.5 Å². The second-order valence-corrected chi connectivity index (χ2v) is 4.44. The first kappa shape index (κ1) is 12.3. The average molecular weight is 241 g/mol. The van der Waals surface area contributed by atoms with Crippen molar-refractivity contribution in [2.24, 2.45) is 0 Å². The molecule has 0 aliphatic carbocycles. The van der Waals surface area contributed by atoms with Gasteiger partial charge in [0.25, 0.3) is 0 Å². The van der Waals surface area contributed by atoms with Gasteiger partial charge < -0.3 is 10.1 Å². The zero-order valence-electron chi connectivity index (χ0n) is 9.93. The first-order valence-electron chi connectivity index (χ1n) is 5.97. The number of nitrogens with one attached hydrogen (secondary N) is 1. The van der Waals surface area contributed by atoms with Gasteiger partial charge in [0, 0.05) is 19.3 Å². The molecule has 1 atom stereocenters. The van der Waals surface area contributed by atoms with E-state index in [0.717, 1.165) is 25.9 Å². The van der Waals surface area contributed by atoms with Gasteiger partial charge in [-0.1, -0.05) is 6.07 Å². The predicted octanol–water partition coefficient (Wildman–Crippen LogP) is 3.25. The topological polar surface area (TPSA) is 21.3 Å². The Hall–Kier alpha value is -1.16. The predicted molar refractivity (Wildman–Crippen MR) is 63.2 cm³/mol. The lowest BCUT2D eigenvalue weighted by Gasteiger charge is -2.18. The van der Waals surface area contributed by atoms with Crippen molar-refractivity contribution < 1.29 is 13.5 Å². The Morgan fingerprint density at radius 1 is 1.24 bits per heavy atom. The van der Waals surface area contributed by atoms with Crippen molar-refractivity contribution in [1.29, 1.82) is 0 Å². The van der Waals surface area contributed by atoms with E-state index in [0.29, 0.717) is 12.2 Å². The van der Waals surface area contributed by atoms with Crippen molar-refractivity contribution >= 4 is 5.69 Å². The highest BCUT2D eigenvalue weighted by Gasteiger charge is 2.17. The zero-order chi connectivity index (χ0) is 12.3. The Labute approximate surface area is 100.0 Å². The van der Waals surface area contributed by atoms with Gasteiger partial charge in [-0.2, -0.15) is 0 Å². The molecule has 0 radical (unpaired) electrons. The van der Waals surface area contributed by atoms with E-state index in [-0.39, 0.29) is 11.7 Å². The van der Waals surface area contributed by atoms with Gasteiger partial charge in [0.2, 0.25) is 0 Å². The Bertz CT molecular complexity index is 387. The molecule has 0 bridgehead atoms. The van der Waals surface area contributed by atoms with Crippen LogP contribution in [-0.4, -0.2) is 19.3 Å². The third-order valence-corrected chi connectivity index (χ3v) is 3.08. The summed E-state index contributed by atoms with van der Waals surface area (Å²) in [7, 11) is 0. The molecule has 1 fully saturated rings. The summed E-state index contributed by atoms with van der Waals surface area (Å²) in [5.74, 6) is -1.02. The molecule has 1 heterocycles. The maximum Gasteiger partial charge on any atom is 0.152 e. The lowest BCUT2D eigenvalue weighted by Crippen LogP contribution is -2.21. The number of aryl methyl sites for hydroxylation is 1. The second kappa shape index (κ2) is 5.45. The minimum absolute atomic E-state index is 0.00287. The number of hydrogen-bond donors (Lipinski definition) is 1. The van der Waals surface area contributed by atoms with Crippen LogP contribution in [0.1, 0.15) is 24.8 Å². The fourth-order valence-electron chi connectivity index (χ4n) is 2.04. The number of ether oxygens (including phenoxy) is 1. The number of rotatable bonds is 2. The molecule has 1 N–H and O–H groups in total. The molecule has 94 valence electrons. The fourth-order valence-corrected chi connectivity index (χ4v) is 2.04. The number of hydrogen-bond acceptors (Lipinski definition) is 2. The normalized spacial score (nSPS) is 21.0. The Morgan fingerprint density at radius 3 is 2.88 bits per heavy atom. The highest BCUT2D eigenvalue weighted by atomic mass is 19.1. The van der Waals surface area contributed by atoms with Gasteiger partial charge in [0.15, 0.2) is 5.82 Å². The first-order chi connectivity index (χ1) is 8.18. The lowest BCUT2D eigenvalue weighted by atomic mass is 10.1. The summed E-state index contributed by atoms with van der Waals surface area (Å²) in [5, 5.41) is 2.97. The van der Waals surface area contributed by atoms with E-state index in [1.54, 1.807) is 6.92 Å². The quantitative estimate of drug-likeness (QED) is 0.858. The van der Waals surface area contributed by atoms with Crippen molar-refractivity contribution in [1.82, 2.24) is 0 Å². The summed E-state index contributed by atoms with van der Waals surface area (Å²) in [4.78, 5) is 0. The summed E-state index contributed by atoms with van der Waals surface area (Å²) < 4.78 is 32.7. The molecule has 4 heteroatoms. The van der Waals surface area contributed by atoms with E-state index in [1.807, 2.05) is 0 Å². The van der Waals surface area contributed by atoms with Crippen LogP contribution in [0.25, 0.3) is 0 Å². The van der Waals surface area contributed by atoms with Crippen LogP contribution in [0.3, 0.4) is 0 Å². The van der Waals surface area contributed by atoms with Gasteiger partial charge in [-0.15, -0.1) is 0 Å². The van der Waals surface area contributed by atoms with Crippen molar-refractivity contribution in [3.8, 4) is 0 Å². The second-order valence-electron chi connectivity index (χ2n) is 4.44. The van der Waals surface area contributed by atoms with Crippen molar-refractivity contribution in [3.63, 3.8) is 0 Å². The molecular weight excluding hydrogens is 224 g/mol. The molecule has 1 aliphatic heterocycles. The van der Waals surface area contributed by atoms with Crippen molar-refractivity contribution in [3.05, 3.63) is 29.3 Å². The maximum absolute atomic E-state index is 13.8. The number of benzene rings is 1. The third kappa shape index (κ3) is 2.94. The highest BCUT2D eigenvalue weighted by molar-refractivity contribution is 5.49. The van der Waals surface area contributed by atoms with E-state index in [1.165, 1.54) is 12.1 Å². The van der Waals surface area contributed by atoms with E-state index in [4.69, 9.17) is 4.74 Å². The molecule has 0 amide bonds. The fraction of sp³-hybridized carbons (Fsp3) is 0.538. The van der Waals surface area contributed by atoms with Crippen LogP contribution in [0, 0.1) is 18.6 Å². The molecule has 0 spiro atoms. The molecule has 1 aromatic carbocycles. The minimum atomic E-state index is -0.529. The molecule has 0 saturated carbocycles. The van der Waals surface area contributed by atoms with Gasteiger partial charge in [-0.3, -0.25) is 0 Å². The average Bonchev–Trinajstić information content (AvgIpc) is 2.58. The zero-order valence-corrected chi connectivity index (χ0v) is 9.93. The minimum Gasteiger partial charge on any atom is -0.381 e. The summed E-state index contributed by atoms with van der Waals surface area (Å²) in [6, 6.07) is 2.84. The van der Waals surface area contributed by atoms with Gasteiger partial charge in [0.1, 0.15) is 11.5 Å². The van der Waals surface area contributed by atoms with Gasteiger partial charge in [-0.05, 0) is 37.8 Å². The van der Waals surface area contributed by atoms with Crippen LogP contribution in [0.2, 0.25) is 0 Å². The van der Waals surface area contributed by atoms with Gasteiger partial charge in [0.05, 0.1) is 0 Å². The molecule has 1 aliphatic rings. The summed E-state index contributed by atoms with van der Waals surface area (Å²) in [5.41, 5.74) is 0.454. The molecule has 2 rings (SSSR count). The monoisotopic (exact) mass is 241 g/mol. The number of halogens is 2. The summed E-state index contributed by atoms with van der Waals surface area (Å²) >= 11 is 0. The Balaban J connectivity index is 2.14. The highest BCUT2D eigenvalue weighted by Crippen LogP contribution is 2.24. The number of anilines is 1. The molecule has 17 heavy (non-hydrogen) atoms. The molecule has 1 aromatic rings. The molecule has 1 unspecified atom stereocenters. The SMILES string of the molecule is Cc1ccc(F)c(NC2CCCOCC2)c1F. The largest absolute Gasteiger partial charge is 0.381 e. The standard InChI is InChI=1S/C13H17F2NO/c1-9-4-5-11(14)13(12(9)15)16-10-3-2-7-17-8-6-10/h4-5,10,16H,2-3,6-8H2,1H3. The van der Waals surface area contributed by atoms with Crippen LogP contribution in [0.4, 0.5) is 14.5 Å². The van der Waals surface area contributed by atoms with E-state index in [2.05, 4.69) is 5.32 Å². The van der Waals surface area contributed by atoms with Gasteiger partial charge >= 0.3 is 0 Å². The third-order valence-electron chi connectivity index (χ3n) is 3.08. The summed E-state index contributed by atoms with van der Waals surface area (Å²) in [6.07, 6.45) is 2.59. The smallest absolute Gasteiger partial charge is 0.152 e. The molecular formula is C13H17F2NO. The molecule has 2 nitrogen and oxygen atoms in total. The lowest BCUT2D eigenvalue weighted by molar-refractivity contribution is 0.144.